The number of H-pyrrole nitrogens is 1. The number of rotatable bonds is 4. The van der Waals surface area contributed by atoms with E-state index >= 15 is 0 Å². The first-order valence-electron chi connectivity index (χ1n) is 7.20. The number of carbonyl (C=O) groups excluding carboxylic acids is 1. The first-order valence-corrected chi connectivity index (χ1v) is 7.20. The van der Waals surface area contributed by atoms with Crippen LogP contribution in [0.15, 0.2) is 71.8 Å². The Hall–Kier alpha value is -3.21. The summed E-state index contributed by atoms with van der Waals surface area (Å²) in [5.41, 5.74) is 2.19. The monoisotopic (exact) mass is 305 g/mol. The van der Waals surface area contributed by atoms with E-state index < -0.39 is 0 Å². The predicted molar refractivity (Wildman–Crippen MR) is 87.9 cm³/mol. The first-order chi connectivity index (χ1) is 11.2. The van der Waals surface area contributed by atoms with Crippen molar-refractivity contribution in [2.45, 2.75) is 6.54 Å². The molecular weight excluding hydrogens is 290 g/mol. The number of nitrogens with zero attached hydrogens (tertiary/aromatic N) is 1. The number of aromatic nitrogens is 2. The fraction of sp³-hybridized carbons (Fsp3) is 0.0556. The molecule has 0 fully saturated rings. The van der Waals surface area contributed by atoms with Crippen molar-refractivity contribution in [3.63, 3.8) is 0 Å². The summed E-state index contributed by atoms with van der Waals surface area (Å²) in [6.45, 7) is 0.333. The maximum atomic E-state index is 12.3. The topological polar surface area (TPSA) is 74.8 Å². The molecule has 114 valence electrons. The summed E-state index contributed by atoms with van der Waals surface area (Å²) in [7, 11) is 0. The van der Waals surface area contributed by atoms with Gasteiger partial charge in [0.05, 0.1) is 17.8 Å². The summed E-state index contributed by atoms with van der Waals surface area (Å²) in [6.07, 6.45) is 3.09. The lowest BCUT2D eigenvalue weighted by molar-refractivity contribution is 0.0950. The molecule has 2 aromatic heterocycles. The van der Waals surface area contributed by atoms with Crippen molar-refractivity contribution in [2.24, 2.45) is 0 Å². The molecule has 0 bridgehead atoms. The highest BCUT2D eigenvalue weighted by Gasteiger charge is 2.10. The number of hydrogen-bond donors (Lipinski definition) is 2. The van der Waals surface area contributed by atoms with Crippen LogP contribution in [0.1, 0.15) is 16.1 Å². The van der Waals surface area contributed by atoms with Crippen LogP contribution in [0.5, 0.6) is 0 Å². The molecule has 0 unspecified atom stereocenters. The van der Waals surface area contributed by atoms with Crippen molar-refractivity contribution in [3.8, 4) is 11.1 Å². The van der Waals surface area contributed by atoms with Gasteiger partial charge in [-0.3, -0.25) is 14.6 Å². The molecule has 5 heteroatoms. The molecule has 0 spiro atoms. The Morgan fingerprint density at radius 3 is 2.61 bits per heavy atom. The molecule has 2 heterocycles. The maximum Gasteiger partial charge on any atom is 0.255 e. The van der Waals surface area contributed by atoms with Gasteiger partial charge in [0, 0.05) is 18.0 Å². The van der Waals surface area contributed by atoms with E-state index in [1.165, 1.54) is 6.20 Å². The fourth-order valence-corrected chi connectivity index (χ4v) is 2.22. The standard InChI is InChI=1S/C18H15N3O2/c22-17(21-12-15-8-4-5-9-19-15)14-10-16(18(23)20-11-14)13-6-2-1-3-7-13/h1-11H,12H2,(H,20,23)(H,21,22). The molecule has 1 aromatic carbocycles. The summed E-state index contributed by atoms with van der Waals surface area (Å²) >= 11 is 0. The molecule has 1 amide bonds. The van der Waals surface area contributed by atoms with Crippen LogP contribution in [-0.4, -0.2) is 15.9 Å². The van der Waals surface area contributed by atoms with Crippen molar-refractivity contribution in [1.82, 2.24) is 15.3 Å². The third kappa shape index (κ3) is 3.52. The molecule has 0 aliphatic rings. The molecule has 3 aromatic rings. The van der Waals surface area contributed by atoms with Crippen LogP contribution in [0.25, 0.3) is 11.1 Å². The second-order valence-electron chi connectivity index (χ2n) is 5.00. The molecule has 3 rings (SSSR count). The van der Waals surface area contributed by atoms with E-state index in [1.54, 1.807) is 12.3 Å². The minimum Gasteiger partial charge on any atom is -0.346 e. The molecule has 0 saturated carbocycles. The first kappa shape index (κ1) is 14.7. The number of amides is 1. The van der Waals surface area contributed by atoms with Crippen LogP contribution < -0.4 is 10.9 Å². The summed E-state index contributed by atoms with van der Waals surface area (Å²) in [6, 6.07) is 16.4. The van der Waals surface area contributed by atoms with Crippen LogP contribution in [-0.2, 0) is 6.54 Å². The fourth-order valence-electron chi connectivity index (χ4n) is 2.22. The van der Waals surface area contributed by atoms with E-state index in [2.05, 4.69) is 15.3 Å². The molecule has 0 radical (unpaired) electrons. The molecule has 0 saturated heterocycles. The van der Waals surface area contributed by atoms with Crippen LogP contribution >= 0.6 is 0 Å². The number of benzene rings is 1. The zero-order valence-corrected chi connectivity index (χ0v) is 12.3. The number of aromatic amines is 1. The maximum absolute atomic E-state index is 12.3. The van der Waals surface area contributed by atoms with E-state index in [4.69, 9.17) is 0 Å². The second kappa shape index (κ2) is 6.70. The Morgan fingerprint density at radius 2 is 1.87 bits per heavy atom. The molecule has 2 N–H and O–H groups in total. The lowest BCUT2D eigenvalue weighted by Crippen LogP contribution is -2.24. The van der Waals surface area contributed by atoms with Gasteiger partial charge in [-0.25, -0.2) is 0 Å². The summed E-state index contributed by atoms with van der Waals surface area (Å²) in [4.78, 5) is 31.0. The van der Waals surface area contributed by atoms with Gasteiger partial charge in [-0.05, 0) is 23.8 Å². The highest BCUT2D eigenvalue weighted by molar-refractivity contribution is 5.94. The van der Waals surface area contributed by atoms with Crippen molar-refractivity contribution in [2.75, 3.05) is 0 Å². The van der Waals surface area contributed by atoms with Gasteiger partial charge in [0.2, 0.25) is 0 Å². The normalized spacial score (nSPS) is 10.3. The number of nitrogens with one attached hydrogen (secondary N) is 2. The average molecular weight is 305 g/mol. The third-order valence-corrected chi connectivity index (χ3v) is 3.41. The van der Waals surface area contributed by atoms with Gasteiger partial charge in [0.1, 0.15) is 0 Å². The van der Waals surface area contributed by atoms with Gasteiger partial charge in [-0.15, -0.1) is 0 Å². The van der Waals surface area contributed by atoms with Crippen molar-refractivity contribution in [1.29, 1.82) is 0 Å². The van der Waals surface area contributed by atoms with Gasteiger partial charge >= 0.3 is 0 Å². The number of pyridine rings is 2. The zero-order valence-electron chi connectivity index (χ0n) is 12.3. The molecular formula is C18H15N3O2. The Morgan fingerprint density at radius 1 is 1.09 bits per heavy atom. The Labute approximate surface area is 133 Å². The van der Waals surface area contributed by atoms with E-state index in [0.29, 0.717) is 17.7 Å². The van der Waals surface area contributed by atoms with E-state index in [0.717, 1.165) is 11.3 Å². The van der Waals surface area contributed by atoms with Gasteiger partial charge in [-0.1, -0.05) is 36.4 Å². The van der Waals surface area contributed by atoms with Crippen molar-refractivity contribution >= 4 is 5.91 Å². The van der Waals surface area contributed by atoms with Gasteiger partial charge in [0.25, 0.3) is 11.5 Å². The number of hydrogen-bond acceptors (Lipinski definition) is 3. The van der Waals surface area contributed by atoms with Gasteiger partial charge in [0.15, 0.2) is 0 Å². The van der Waals surface area contributed by atoms with Gasteiger partial charge < -0.3 is 10.3 Å². The van der Waals surface area contributed by atoms with Crippen molar-refractivity contribution in [3.05, 3.63) is 88.6 Å². The molecule has 0 aliphatic carbocycles. The second-order valence-corrected chi connectivity index (χ2v) is 5.00. The lowest BCUT2D eigenvalue weighted by Gasteiger charge is -2.06. The van der Waals surface area contributed by atoms with Crippen LogP contribution in [0.4, 0.5) is 0 Å². The summed E-state index contributed by atoms with van der Waals surface area (Å²) in [5, 5.41) is 2.79. The average Bonchev–Trinajstić information content (AvgIpc) is 2.62. The SMILES string of the molecule is O=C(NCc1ccccn1)c1c[nH]c(=O)c(-c2ccccc2)c1. The van der Waals surface area contributed by atoms with E-state index in [-0.39, 0.29) is 11.5 Å². The van der Waals surface area contributed by atoms with Crippen molar-refractivity contribution < 1.29 is 4.79 Å². The quantitative estimate of drug-likeness (QED) is 0.777. The van der Waals surface area contributed by atoms with E-state index in [9.17, 15) is 9.59 Å². The molecule has 23 heavy (non-hydrogen) atoms. The zero-order chi connectivity index (χ0) is 16.1. The molecule has 0 aliphatic heterocycles. The van der Waals surface area contributed by atoms with Gasteiger partial charge in [-0.2, -0.15) is 0 Å². The van der Waals surface area contributed by atoms with E-state index in [1.807, 2.05) is 48.5 Å². The molecule has 0 atom stereocenters. The smallest absolute Gasteiger partial charge is 0.255 e. The minimum absolute atomic E-state index is 0.225. The largest absolute Gasteiger partial charge is 0.346 e. The summed E-state index contributed by atoms with van der Waals surface area (Å²) < 4.78 is 0. The van der Waals surface area contributed by atoms with Crippen LogP contribution in [0.2, 0.25) is 0 Å². The Kier molecular flexibility index (Phi) is 4.29. The lowest BCUT2D eigenvalue weighted by atomic mass is 10.1. The predicted octanol–water partition coefficient (Wildman–Crippen LogP) is 2.37. The van der Waals surface area contributed by atoms with Crippen LogP contribution in [0, 0.1) is 0 Å². The highest BCUT2D eigenvalue weighted by atomic mass is 16.1. The molecule has 5 nitrogen and oxygen atoms in total. The third-order valence-electron chi connectivity index (χ3n) is 3.41. The number of carbonyl (C=O) groups is 1. The Bertz CT molecular complexity index is 858. The highest BCUT2D eigenvalue weighted by Crippen LogP contribution is 2.15. The van der Waals surface area contributed by atoms with Crippen LogP contribution in [0.3, 0.4) is 0 Å². The minimum atomic E-state index is -0.260. The summed E-state index contributed by atoms with van der Waals surface area (Å²) in [5.74, 6) is -0.260. The Balaban J connectivity index is 1.80.